The number of ether oxygens (including phenoxy) is 2. The minimum Gasteiger partial charge on any atom is -0.463 e. The first-order chi connectivity index (χ1) is 25.0. The molecular formula is C42H60N4O6. The lowest BCUT2D eigenvalue weighted by molar-refractivity contribution is -0.168. The van der Waals surface area contributed by atoms with Crippen LogP contribution in [0.2, 0.25) is 0 Å². The van der Waals surface area contributed by atoms with Gasteiger partial charge in [0.25, 0.3) is 0 Å². The lowest BCUT2D eigenvalue weighted by Crippen LogP contribution is -2.49. The van der Waals surface area contributed by atoms with Crippen LogP contribution in [-0.2, 0) is 19.1 Å². The van der Waals surface area contributed by atoms with Gasteiger partial charge < -0.3 is 19.7 Å². The van der Waals surface area contributed by atoms with E-state index in [2.05, 4.69) is 68.2 Å². The Hall–Kier alpha value is -3.38. The van der Waals surface area contributed by atoms with Crippen LogP contribution in [0.15, 0.2) is 72.8 Å². The van der Waals surface area contributed by atoms with E-state index >= 15 is 0 Å². The van der Waals surface area contributed by atoms with Crippen LogP contribution in [0.1, 0.15) is 44.7 Å². The highest BCUT2D eigenvalue weighted by Gasteiger charge is 2.59. The van der Waals surface area contributed by atoms with E-state index in [1.807, 2.05) is 57.2 Å². The number of carbonyl (C=O) groups excluding carboxylic acids is 2. The molecule has 10 heteroatoms. The van der Waals surface area contributed by atoms with Gasteiger partial charge in [-0.25, -0.2) is 0 Å². The van der Waals surface area contributed by atoms with Crippen molar-refractivity contribution in [3.05, 3.63) is 83.9 Å². The molecule has 52 heavy (non-hydrogen) atoms. The predicted octanol–water partition coefficient (Wildman–Crippen LogP) is 3.90. The number of esters is 2. The molecule has 2 aliphatic heterocycles. The van der Waals surface area contributed by atoms with E-state index in [1.165, 1.54) is 11.1 Å². The van der Waals surface area contributed by atoms with Crippen LogP contribution in [0.25, 0.3) is 12.2 Å². The van der Waals surface area contributed by atoms with Crippen molar-refractivity contribution in [1.82, 2.24) is 19.6 Å². The summed E-state index contributed by atoms with van der Waals surface area (Å²) in [5.74, 6) is -1.27. The smallest absolute Gasteiger partial charge is 0.312 e. The number of rotatable bonds is 16. The van der Waals surface area contributed by atoms with E-state index in [0.29, 0.717) is 25.9 Å². The van der Waals surface area contributed by atoms with Crippen LogP contribution < -0.4 is 0 Å². The maximum Gasteiger partial charge on any atom is 0.312 e. The van der Waals surface area contributed by atoms with E-state index in [9.17, 15) is 19.8 Å². The molecule has 0 bridgehead atoms. The van der Waals surface area contributed by atoms with E-state index in [0.717, 1.165) is 65.4 Å². The number of hydrogen-bond acceptors (Lipinski definition) is 10. The molecule has 2 aromatic carbocycles. The van der Waals surface area contributed by atoms with Crippen LogP contribution in [0.3, 0.4) is 0 Å². The average Bonchev–Trinajstić information content (AvgIpc) is 3.40. The van der Waals surface area contributed by atoms with Crippen LogP contribution in [-0.4, -0.2) is 146 Å². The Balaban J connectivity index is 0.966. The molecule has 2 aromatic rings. The van der Waals surface area contributed by atoms with Gasteiger partial charge in [0.15, 0.2) is 0 Å². The topological polar surface area (TPSA) is 106 Å². The summed E-state index contributed by atoms with van der Waals surface area (Å²) in [6, 6.07) is 20.5. The van der Waals surface area contributed by atoms with Crippen molar-refractivity contribution in [2.75, 3.05) is 91.8 Å². The summed E-state index contributed by atoms with van der Waals surface area (Å²) >= 11 is 0. The number of β-amino-alcohol motifs (C(OH)–C–C–N with tert-alkyl or cyclic N) is 2. The predicted molar refractivity (Wildman–Crippen MR) is 205 cm³/mol. The minimum absolute atomic E-state index is 0.0720. The summed E-state index contributed by atoms with van der Waals surface area (Å²) in [6.45, 7) is 15.3. The van der Waals surface area contributed by atoms with Crippen molar-refractivity contribution >= 4 is 24.1 Å². The van der Waals surface area contributed by atoms with Crippen LogP contribution in [0, 0.1) is 16.7 Å². The highest BCUT2D eigenvalue weighted by atomic mass is 16.5. The Kier molecular flexibility index (Phi) is 14.6. The normalized spacial score (nSPS) is 24.7. The third-order valence-corrected chi connectivity index (χ3v) is 11.6. The maximum atomic E-state index is 13.5. The summed E-state index contributed by atoms with van der Waals surface area (Å²) in [5.41, 5.74) is 0.774. The first-order valence-electron chi connectivity index (χ1n) is 19.1. The Morgan fingerprint density at radius 1 is 0.692 bits per heavy atom. The summed E-state index contributed by atoms with van der Waals surface area (Å²) in [5, 5.41) is 21.5. The fourth-order valence-corrected chi connectivity index (χ4v) is 7.70. The standard InChI is InChI=1S/C42H60N4O6/c1-41(2)38(39(49)51-32-36(47)30-45-26-22-43(23-27-45)20-10-16-34-12-6-4-7-13-34)18-19-42(41,3)40(50)52-33-37(48)31-46-28-24-44(25-29-46)21-11-17-35-14-8-5-9-15-35/h4-17,36-38,47-48H,18-33H2,1-3H3/b16-10+,17-11+/t36-,37+,38+,42+/m0/s1. The maximum absolute atomic E-state index is 13.5. The number of piperazine rings is 2. The van der Waals surface area contributed by atoms with E-state index in [-0.39, 0.29) is 19.2 Å². The van der Waals surface area contributed by atoms with Crippen LogP contribution in [0.5, 0.6) is 0 Å². The third kappa shape index (κ3) is 11.1. The number of nitrogens with zero attached hydrogens (tertiary/aromatic N) is 4. The molecule has 0 radical (unpaired) electrons. The first-order valence-corrected chi connectivity index (χ1v) is 19.1. The zero-order valence-corrected chi connectivity index (χ0v) is 31.4. The number of carbonyl (C=O) groups is 2. The van der Waals surface area contributed by atoms with Crippen molar-refractivity contribution in [3.8, 4) is 0 Å². The molecule has 2 N–H and O–H groups in total. The zero-order chi connectivity index (χ0) is 37.0. The summed E-state index contributed by atoms with van der Waals surface area (Å²) in [6.07, 6.45) is 8.08. The van der Waals surface area contributed by atoms with E-state index in [4.69, 9.17) is 9.47 Å². The summed E-state index contributed by atoms with van der Waals surface area (Å²) < 4.78 is 11.4. The molecule has 1 saturated carbocycles. The van der Waals surface area contributed by atoms with Gasteiger partial charge in [-0.1, -0.05) is 98.8 Å². The highest BCUT2D eigenvalue weighted by molar-refractivity contribution is 5.82. The largest absolute Gasteiger partial charge is 0.463 e. The van der Waals surface area contributed by atoms with Crippen LogP contribution in [0.4, 0.5) is 0 Å². The molecule has 0 unspecified atom stereocenters. The minimum atomic E-state index is -0.899. The van der Waals surface area contributed by atoms with Gasteiger partial charge in [-0.05, 0) is 36.3 Å². The number of hydrogen-bond donors (Lipinski definition) is 2. The lowest BCUT2D eigenvalue weighted by atomic mass is 9.65. The highest BCUT2D eigenvalue weighted by Crippen LogP contribution is 2.57. The molecule has 2 saturated heterocycles. The van der Waals surface area contributed by atoms with Crippen molar-refractivity contribution in [2.24, 2.45) is 16.7 Å². The Bertz CT molecular complexity index is 1450. The van der Waals surface area contributed by atoms with Crippen molar-refractivity contribution in [3.63, 3.8) is 0 Å². The van der Waals surface area contributed by atoms with Gasteiger partial charge in [0.2, 0.25) is 0 Å². The molecular weight excluding hydrogens is 656 g/mol. The second-order valence-electron chi connectivity index (χ2n) is 15.5. The molecule has 3 fully saturated rings. The molecule has 1 aliphatic carbocycles. The SMILES string of the molecule is CC1(C)[C@@H](C(=O)OC[C@@H](O)CN2CCN(C/C=C/c3ccccc3)CC2)CC[C@]1(C)C(=O)OC[C@H](O)CN1CCN(C/C=C/c2ccccc2)CC1. The average molecular weight is 717 g/mol. The van der Waals surface area contributed by atoms with Gasteiger partial charge in [0.05, 0.1) is 11.3 Å². The number of aliphatic hydroxyl groups excluding tert-OH is 2. The molecule has 10 nitrogen and oxygen atoms in total. The second-order valence-corrected chi connectivity index (χ2v) is 15.5. The Labute approximate surface area is 310 Å². The lowest BCUT2D eigenvalue weighted by Gasteiger charge is -2.39. The fourth-order valence-electron chi connectivity index (χ4n) is 7.70. The van der Waals surface area contributed by atoms with E-state index in [1.54, 1.807) is 0 Å². The number of aliphatic hydroxyl groups is 2. The van der Waals surface area contributed by atoms with Gasteiger partial charge in [0.1, 0.15) is 25.4 Å². The molecule has 284 valence electrons. The molecule has 2 heterocycles. The van der Waals surface area contributed by atoms with Crippen molar-refractivity contribution in [2.45, 2.75) is 45.8 Å². The molecule has 0 amide bonds. The Morgan fingerprint density at radius 2 is 1.12 bits per heavy atom. The van der Waals surface area contributed by atoms with E-state index < -0.39 is 34.9 Å². The van der Waals surface area contributed by atoms with Gasteiger partial charge >= 0.3 is 11.9 Å². The van der Waals surface area contributed by atoms with Gasteiger partial charge in [0, 0.05) is 78.5 Å². The van der Waals surface area contributed by atoms with Gasteiger partial charge in [-0.3, -0.25) is 29.2 Å². The molecule has 0 spiro atoms. The van der Waals surface area contributed by atoms with Crippen molar-refractivity contribution < 1.29 is 29.3 Å². The zero-order valence-electron chi connectivity index (χ0n) is 31.4. The second kappa shape index (κ2) is 19.1. The molecule has 0 aromatic heterocycles. The fraction of sp³-hybridized carbons (Fsp3) is 0.571. The molecule has 3 aliphatic rings. The Morgan fingerprint density at radius 3 is 1.58 bits per heavy atom. The van der Waals surface area contributed by atoms with Gasteiger partial charge in [-0.15, -0.1) is 0 Å². The monoisotopic (exact) mass is 716 g/mol. The van der Waals surface area contributed by atoms with Crippen molar-refractivity contribution in [1.29, 1.82) is 0 Å². The molecule has 5 rings (SSSR count). The van der Waals surface area contributed by atoms with Crippen LogP contribution >= 0.6 is 0 Å². The first kappa shape index (κ1) is 39.8. The summed E-state index contributed by atoms with van der Waals surface area (Å²) in [7, 11) is 0. The third-order valence-electron chi connectivity index (χ3n) is 11.6. The summed E-state index contributed by atoms with van der Waals surface area (Å²) in [4.78, 5) is 36.0. The quantitative estimate of drug-likeness (QED) is 0.249. The number of benzene rings is 2. The molecule has 4 atom stereocenters. The van der Waals surface area contributed by atoms with Gasteiger partial charge in [-0.2, -0.15) is 0 Å².